The number of imidazole rings is 1. The molecular weight excluding hydrogens is 176 g/mol. The van der Waals surface area contributed by atoms with Gasteiger partial charge in [0.05, 0.1) is 6.04 Å². The van der Waals surface area contributed by atoms with Crippen molar-refractivity contribution in [2.75, 3.05) is 0 Å². The van der Waals surface area contributed by atoms with Crippen molar-refractivity contribution in [3.8, 4) is 0 Å². The zero-order valence-electron chi connectivity index (χ0n) is 8.61. The van der Waals surface area contributed by atoms with Gasteiger partial charge in [-0.3, -0.25) is 5.84 Å². The maximum Gasteiger partial charge on any atom is 0.127 e. The van der Waals surface area contributed by atoms with E-state index < -0.39 is 0 Å². The first kappa shape index (κ1) is 9.68. The Balaban J connectivity index is 2.08. The fourth-order valence-electron chi connectivity index (χ4n) is 1.83. The van der Waals surface area contributed by atoms with Crippen molar-refractivity contribution in [2.45, 2.75) is 38.8 Å². The highest BCUT2D eigenvalue weighted by Gasteiger charge is 2.27. The smallest absolute Gasteiger partial charge is 0.127 e. The summed E-state index contributed by atoms with van der Waals surface area (Å²) in [4.78, 5) is 4.36. The summed E-state index contributed by atoms with van der Waals surface area (Å²) < 4.78 is 2.15. The Morgan fingerprint density at radius 1 is 1.71 bits per heavy atom. The van der Waals surface area contributed by atoms with E-state index in [0.717, 1.165) is 24.7 Å². The van der Waals surface area contributed by atoms with Crippen LogP contribution in [0.1, 0.15) is 38.1 Å². The van der Waals surface area contributed by atoms with E-state index >= 15 is 0 Å². The van der Waals surface area contributed by atoms with Crippen LogP contribution in [-0.2, 0) is 6.54 Å². The van der Waals surface area contributed by atoms with Crippen LogP contribution in [0.2, 0.25) is 0 Å². The van der Waals surface area contributed by atoms with Crippen LogP contribution in [0.25, 0.3) is 0 Å². The molecule has 1 heterocycles. The van der Waals surface area contributed by atoms with E-state index in [4.69, 9.17) is 5.84 Å². The predicted octanol–water partition coefficient (Wildman–Crippen LogP) is 1.21. The highest BCUT2D eigenvalue weighted by molar-refractivity contribution is 5.00. The van der Waals surface area contributed by atoms with Crippen molar-refractivity contribution >= 4 is 0 Å². The van der Waals surface area contributed by atoms with Gasteiger partial charge in [0.25, 0.3) is 0 Å². The second kappa shape index (κ2) is 4.11. The molecule has 0 radical (unpaired) electrons. The van der Waals surface area contributed by atoms with Crippen LogP contribution in [-0.4, -0.2) is 9.55 Å². The Hall–Kier alpha value is -0.870. The van der Waals surface area contributed by atoms with E-state index in [1.165, 1.54) is 12.8 Å². The molecule has 0 spiro atoms. The Morgan fingerprint density at radius 2 is 2.50 bits per heavy atom. The molecule has 1 aliphatic rings. The molecule has 0 bridgehead atoms. The number of nitrogens with one attached hydrogen (secondary N) is 1. The van der Waals surface area contributed by atoms with Crippen molar-refractivity contribution in [1.82, 2.24) is 15.0 Å². The average Bonchev–Trinajstić information content (AvgIpc) is 2.90. The lowest BCUT2D eigenvalue weighted by Crippen LogP contribution is -2.30. The second-order valence-corrected chi connectivity index (χ2v) is 3.97. The molecular formula is C10H18N4. The number of nitrogens with zero attached hydrogens (tertiary/aromatic N) is 2. The average molecular weight is 194 g/mol. The Bertz CT molecular complexity index is 290. The fourth-order valence-corrected chi connectivity index (χ4v) is 1.83. The first-order chi connectivity index (χ1) is 6.85. The first-order valence-corrected chi connectivity index (χ1v) is 5.32. The van der Waals surface area contributed by atoms with Gasteiger partial charge in [-0.05, 0) is 19.3 Å². The summed E-state index contributed by atoms with van der Waals surface area (Å²) in [5, 5.41) is 0. The maximum atomic E-state index is 5.56. The topological polar surface area (TPSA) is 55.9 Å². The Labute approximate surface area is 84.5 Å². The SMILES string of the molecule is CCn1ccnc1C(CC1CC1)NN. The lowest BCUT2D eigenvalue weighted by molar-refractivity contribution is 0.447. The number of rotatable bonds is 5. The summed E-state index contributed by atoms with van der Waals surface area (Å²) in [7, 11) is 0. The molecule has 4 nitrogen and oxygen atoms in total. The molecule has 1 unspecified atom stereocenters. The van der Waals surface area contributed by atoms with Crippen LogP contribution < -0.4 is 11.3 Å². The minimum atomic E-state index is 0.220. The van der Waals surface area contributed by atoms with Gasteiger partial charge in [-0.2, -0.15) is 0 Å². The molecule has 3 N–H and O–H groups in total. The monoisotopic (exact) mass is 194 g/mol. The molecule has 1 aromatic heterocycles. The van der Waals surface area contributed by atoms with Crippen LogP contribution in [0, 0.1) is 5.92 Å². The third-order valence-corrected chi connectivity index (χ3v) is 2.87. The summed E-state index contributed by atoms with van der Waals surface area (Å²) >= 11 is 0. The molecule has 1 aliphatic carbocycles. The van der Waals surface area contributed by atoms with Crippen LogP contribution >= 0.6 is 0 Å². The van der Waals surface area contributed by atoms with Crippen molar-refractivity contribution < 1.29 is 0 Å². The molecule has 1 aromatic rings. The number of aryl methyl sites for hydroxylation is 1. The largest absolute Gasteiger partial charge is 0.334 e. The van der Waals surface area contributed by atoms with Crippen molar-refractivity contribution in [2.24, 2.45) is 11.8 Å². The molecule has 0 aliphatic heterocycles. The number of nitrogens with two attached hydrogens (primary N) is 1. The fraction of sp³-hybridized carbons (Fsp3) is 0.700. The Morgan fingerprint density at radius 3 is 3.07 bits per heavy atom. The zero-order valence-corrected chi connectivity index (χ0v) is 8.61. The summed E-state index contributed by atoms with van der Waals surface area (Å²) in [6.07, 6.45) is 7.67. The molecule has 0 aromatic carbocycles. The molecule has 0 amide bonds. The predicted molar refractivity (Wildman–Crippen MR) is 55.3 cm³/mol. The second-order valence-electron chi connectivity index (χ2n) is 3.97. The molecule has 4 heteroatoms. The van der Waals surface area contributed by atoms with Crippen molar-refractivity contribution in [1.29, 1.82) is 0 Å². The Kier molecular flexibility index (Phi) is 2.84. The molecule has 78 valence electrons. The third kappa shape index (κ3) is 1.96. The van der Waals surface area contributed by atoms with E-state index in [0.29, 0.717) is 0 Å². The minimum Gasteiger partial charge on any atom is -0.334 e. The van der Waals surface area contributed by atoms with Gasteiger partial charge >= 0.3 is 0 Å². The lowest BCUT2D eigenvalue weighted by Gasteiger charge is -2.16. The van der Waals surface area contributed by atoms with Crippen LogP contribution in [0.3, 0.4) is 0 Å². The molecule has 1 atom stereocenters. The lowest BCUT2D eigenvalue weighted by atomic mass is 10.1. The van der Waals surface area contributed by atoms with Gasteiger partial charge < -0.3 is 4.57 Å². The standard InChI is InChI=1S/C10H18N4/c1-2-14-6-5-12-10(14)9(13-11)7-8-3-4-8/h5-6,8-9,13H,2-4,7,11H2,1H3. The summed E-state index contributed by atoms with van der Waals surface area (Å²) in [5.41, 5.74) is 2.87. The zero-order chi connectivity index (χ0) is 9.97. The normalized spacial score (nSPS) is 18.4. The van der Waals surface area contributed by atoms with Crippen molar-refractivity contribution in [3.63, 3.8) is 0 Å². The van der Waals surface area contributed by atoms with Gasteiger partial charge in [0.2, 0.25) is 0 Å². The molecule has 1 saturated carbocycles. The quantitative estimate of drug-likeness (QED) is 0.547. The number of hydrogen-bond donors (Lipinski definition) is 2. The third-order valence-electron chi connectivity index (χ3n) is 2.87. The van der Waals surface area contributed by atoms with Crippen LogP contribution in [0.5, 0.6) is 0 Å². The summed E-state index contributed by atoms with van der Waals surface area (Å²) in [6.45, 7) is 3.08. The number of aromatic nitrogens is 2. The summed E-state index contributed by atoms with van der Waals surface area (Å²) in [5.74, 6) is 7.49. The van der Waals surface area contributed by atoms with Crippen molar-refractivity contribution in [3.05, 3.63) is 18.2 Å². The van der Waals surface area contributed by atoms with Gasteiger partial charge in [-0.15, -0.1) is 0 Å². The molecule has 2 rings (SSSR count). The molecule has 14 heavy (non-hydrogen) atoms. The van der Waals surface area contributed by atoms with Crippen LogP contribution in [0.15, 0.2) is 12.4 Å². The van der Waals surface area contributed by atoms with E-state index in [2.05, 4.69) is 21.9 Å². The van der Waals surface area contributed by atoms with Gasteiger partial charge in [0.1, 0.15) is 5.82 Å². The van der Waals surface area contributed by atoms with Gasteiger partial charge in [-0.25, -0.2) is 10.4 Å². The van der Waals surface area contributed by atoms with Gasteiger partial charge in [0.15, 0.2) is 0 Å². The van der Waals surface area contributed by atoms with E-state index in [1.54, 1.807) is 0 Å². The van der Waals surface area contributed by atoms with E-state index in [-0.39, 0.29) is 6.04 Å². The first-order valence-electron chi connectivity index (χ1n) is 5.32. The minimum absolute atomic E-state index is 0.220. The van der Waals surface area contributed by atoms with Gasteiger partial charge in [-0.1, -0.05) is 12.8 Å². The number of hydrogen-bond acceptors (Lipinski definition) is 3. The highest BCUT2D eigenvalue weighted by Crippen LogP contribution is 2.36. The molecule has 1 fully saturated rings. The van der Waals surface area contributed by atoms with Crippen LogP contribution in [0.4, 0.5) is 0 Å². The highest BCUT2D eigenvalue weighted by atomic mass is 15.3. The summed E-state index contributed by atoms with van der Waals surface area (Å²) in [6, 6.07) is 0.220. The van der Waals surface area contributed by atoms with Gasteiger partial charge in [0, 0.05) is 18.9 Å². The van der Waals surface area contributed by atoms with E-state index in [1.807, 2.05) is 12.4 Å². The van der Waals surface area contributed by atoms with E-state index in [9.17, 15) is 0 Å². The molecule has 0 saturated heterocycles. The number of hydrazine groups is 1. The maximum absolute atomic E-state index is 5.56.